The molecule has 7 rings (SSSR count). The van der Waals surface area contributed by atoms with E-state index >= 15 is 0 Å². The molecule has 0 bridgehead atoms. The highest BCUT2D eigenvalue weighted by molar-refractivity contribution is 7.16. The number of hydrogen-bond acceptors (Lipinski definition) is 18. The van der Waals surface area contributed by atoms with Crippen LogP contribution in [-0.2, 0) is 23.9 Å². The number of halogens is 3. The summed E-state index contributed by atoms with van der Waals surface area (Å²) in [6.45, 7) is 5.27. The number of rotatable bonds is 13. The van der Waals surface area contributed by atoms with E-state index in [0.717, 1.165) is 27.7 Å². The third-order valence-corrected chi connectivity index (χ3v) is 12.1. The Kier molecular flexibility index (Phi) is 21.8. The number of aliphatic hydroxyl groups is 3. The molecule has 3 atom stereocenters. The maximum Gasteiger partial charge on any atom is 0.413 e. The monoisotopic (exact) mass is 1070 g/mol. The molecule has 3 unspecified atom stereocenters. The molecule has 1 aliphatic rings. The summed E-state index contributed by atoms with van der Waals surface area (Å²) in [5.74, 6) is -3.35. The molecule has 0 aliphatic carbocycles. The van der Waals surface area contributed by atoms with E-state index < -0.39 is 59.2 Å². The van der Waals surface area contributed by atoms with Crippen LogP contribution >= 0.6 is 34.0 Å². The minimum atomic E-state index is -1.27. The molecule has 0 spiro atoms. The smallest absolute Gasteiger partial charge is 0.413 e. The zero-order valence-corrected chi connectivity index (χ0v) is 42.1. The van der Waals surface area contributed by atoms with Crippen molar-refractivity contribution in [3.63, 3.8) is 0 Å². The number of benzene rings is 3. The number of aliphatic carboxylic acids is 1. The summed E-state index contributed by atoms with van der Waals surface area (Å²) in [5.41, 5.74) is 5.97. The van der Waals surface area contributed by atoms with Gasteiger partial charge in [-0.3, -0.25) is 30.4 Å². The Balaban J connectivity index is 0.000000220. The number of carboxylic acids is 1. The molecule has 26 heteroatoms. The third-order valence-electron chi connectivity index (χ3n) is 9.33. The highest BCUT2D eigenvalue weighted by Gasteiger charge is 2.24. The van der Waals surface area contributed by atoms with E-state index in [1.165, 1.54) is 92.6 Å². The van der Waals surface area contributed by atoms with Gasteiger partial charge in [-0.15, -0.1) is 0 Å². The number of nitrogens with zero attached hydrogens (tertiary/aromatic N) is 5. The summed E-state index contributed by atoms with van der Waals surface area (Å²) in [6, 6.07) is 17.2. The number of hydrogen-bond donors (Lipinski definition) is 9. The third kappa shape index (κ3) is 19.2. The molecule has 10 N–H and O–H groups in total. The van der Waals surface area contributed by atoms with Crippen molar-refractivity contribution in [1.82, 2.24) is 25.3 Å². The summed E-state index contributed by atoms with van der Waals surface area (Å²) in [5, 5.41) is 58.9. The zero-order valence-electron chi connectivity index (χ0n) is 39.6. The Morgan fingerprint density at radius 1 is 0.753 bits per heavy atom. The average molecular weight is 1070 g/mol. The lowest BCUT2D eigenvalue weighted by Crippen LogP contribution is -2.34. The maximum atomic E-state index is 13.3. The lowest BCUT2D eigenvalue weighted by Gasteiger charge is -2.18. The van der Waals surface area contributed by atoms with Gasteiger partial charge in [-0.05, 0) is 73.9 Å². The van der Waals surface area contributed by atoms with E-state index in [1.54, 1.807) is 45.0 Å². The fourth-order valence-corrected chi connectivity index (χ4v) is 8.10. The summed E-state index contributed by atoms with van der Waals surface area (Å²) < 4.78 is 44.5. The SMILES string of the molecule is CC(C)(C)OC(=O)Nc1ncc(C(O)c2cccc(F)c2)s1.CN1N=C(C(=O)Nc2ncc(C(O)c3cccc(F)c3)s2)CCC1=O.CNC(=O)CCC(=N)C(=O)O.Nc1ncc(C(O)c2cccc(F)c2)s1. The van der Waals surface area contributed by atoms with Crippen LogP contribution in [0.2, 0.25) is 0 Å². The number of ether oxygens (including phenoxy) is 1. The Hall–Kier alpha value is -7.49. The second-order valence-electron chi connectivity index (χ2n) is 16.1. The van der Waals surface area contributed by atoms with Crippen LogP contribution in [0.3, 0.4) is 0 Å². The molecule has 3 aromatic heterocycles. The second kappa shape index (κ2) is 27.4. The van der Waals surface area contributed by atoms with Gasteiger partial charge in [0.25, 0.3) is 5.91 Å². The molecule has 20 nitrogen and oxygen atoms in total. The van der Waals surface area contributed by atoms with E-state index in [0.29, 0.717) is 41.6 Å². The van der Waals surface area contributed by atoms with E-state index in [2.05, 4.69) is 36.0 Å². The molecule has 388 valence electrons. The maximum absolute atomic E-state index is 13.3. The quantitative estimate of drug-likeness (QED) is 0.0518. The summed E-state index contributed by atoms with van der Waals surface area (Å²) in [4.78, 5) is 69.3. The number of carbonyl (C=O) groups is 5. The van der Waals surface area contributed by atoms with Crippen molar-refractivity contribution in [2.24, 2.45) is 5.10 Å². The van der Waals surface area contributed by atoms with E-state index in [4.69, 9.17) is 21.0 Å². The van der Waals surface area contributed by atoms with E-state index in [1.807, 2.05) is 0 Å². The van der Waals surface area contributed by atoms with Crippen LogP contribution in [0.25, 0.3) is 0 Å². The van der Waals surface area contributed by atoms with Gasteiger partial charge in [-0.1, -0.05) is 70.4 Å². The average Bonchev–Trinajstić information content (AvgIpc) is 4.13. The van der Waals surface area contributed by atoms with Crippen LogP contribution < -0.4 is 21.7 Å². The lowest BCUT2D eigenvalue weighted by molar-refractivity contribution is -0.131. The van der Waals surface area contributed by atoms with Crippen molar-refractivity contribution >= 4 is 90.6 Å². The number of carboxylic acid groups (broad SMARTS) is 1. The Bertz CT molecular complexity index is 2910. The van der Waals surface area contributed by atoms with Crippen LogP contribution in [0.5, 0.6) is 0 Å². The molecular formula is C47H51F3N10O10S3. The minimum absolute atomic E-state index is 0.0188. The first kappa shape index (κ1) is 58.1. The Morgan fingerprint density at radius 3 is 1.60 bits per heavy atom. The largest absolute Gasteiger partial charge is 0.477 e. The number of aromatic nitrogens is 3. The molecule has 6 aromatic rings. The van der Waals surface area contributed by atoms with Gasteiger partial charge in [-0.2, -0.15) is 5.10 Å². The molecule has 0 saturated heterocycles. The van der Waals surface area contributed by atoms with Crippen LogP contribution in [0.1, 0.15) is 96.1 Å². The number of aliphatic hydroxyl groups excluding tert-OH is 3. The van der Waals surface area contributed by atoms with Gasteiger partial charge in [0.1, 0.15) is 52.8 Å². The standard InChI is InChI=1S/C16H15FN4O3S.C15H17FN2O3S.C10H9FN2OS.C6H10N2O3/c1-21-13(22)6-5-11(20-21)15(24)19-16-18-8-12(25-16)14(23)9-3-2-4-10(17)7-9;1-15(2,3)21-14(20)18-13-17-8-11(22-13)12(19)9-5-4-6-10(16)7-9;11-7-3-1-2-6(4-7)9(14)8-5-13-10(12)15-8;1-8-5(9)3-2-4(7)6(10)11/h2-4,7-8,14,23H,5-6H2,1H3,(H,18,19,24);4-8,12,19H,1-3H3,(H,17,18,20);1-5,9,14H,(H2,12,13);7H,2-3H2,1H3,(H,8,9)(H,10,11). The van der Waals surface area contributed by atoms with Crippen LogP contribution in [0.4, 0.5) is 33.4 Å². The number of thiazole rings is 3. The van der Waals surface area contributed by atoms with Gasteiger partial charge in [0, 0.05) is 58.4 Å². The fourth-order valence-electron chi connectivity index (χ4n) is 5.76. The number of anilines is 3. The number of amides is 4. The van der Waals surface area contributed by atoms with Crippen LogP contribution in [0, 0.1) is 22.9 Å². The molecule has 73 heavy (non-hydrogen) atoms. The van der Waals surface area contributed by atoms with Gasteiger partial charge in [0.2, 0.25) is 11.8 Å². The number of nitrogen functional groups attached to an aromatic ring is 1. The van der Waals surface area contributed by atoms with Crippen LogP contribution in [0.15, 0.2) is 96.5 Å². The Labute approximate surface area is 428 Å². The molecule has 0 saturated carbocycles. The first-order valence-corrected chi connectivity index (χ1v) is 24.0. The lowest BCUT2D eigenvalue weighted by atomic mass is 10.1. The van der Waals surface area contributed by atoms with E-state index in [-0.39, 0.29) is 54.2 Å². The summed E-state index contributed by atoms with van der Waals surface area (Å²) in [7, 11) is 2.96. The van der Waals surface area contributed by atoms with E-state index in [9.17, 15) is 52.5 Å². The topological polar surface area (TPSA) is 316 Å². The normalized spacial score (nSPS) is 13.2. The molecule has 3 aromatic carbocycles. The zero-order chi connectivity index (χ0) is 54.0. The summed E-state index contributed by atoms with van der Waals surface area (Å²) >= 11 is 3.38. The molecule has 1 aliphatic heterocycles. The van der Waals surface area contributed by atoms with Gasteiger partial charge in [0.15, 0.2) is 15.4 Å². The summed E-state index contributed by atoms with van der Waals surface area (Å²) in [6.07, 6.45) is 1.37. The van der Waals surface area contributed by atoms with Gasteiger partial charge in [-0.25, -0.2) is 42.7 Å². The molecular weight excluding hydrogens is 1020 g/mol. The first-order valence-electron chi connectivity index (χ1n) is 21.5. The number of nitrogens with one attached hydrogen (secondary N) is 4. The minimum Gasteiger partial charge on any atom is -0.477 e. The first-order chi connectivity index (χ1) is 34.4. The van der Waals surface area contributed by atoms with Crippen molar-refractivity contribution in [1.29, 1.82) is 5.41 Å². The van der Waals surface area contributed by atoms with Gasteiger partial charge < -0.3 is 36.2 Å². The van der Waals surface area contributed by atoms with Crippen LogP contribution in [-0.4, -0.2) is 101 Å². The fraction of sp³-hybridized carbons (Fsp3) is 0.277. The van der Waals surface area contributed by atoms with Gasteiger partial charge in [0.05, 0.1) is 14.6 Å². The number of carbonyl (C=O) groups excluding carboxylic acids is 4. The highest BCUT2D eigenvalue weighted by atomic mass is 32.1. The van der Waals surface area contributed by atoms with Crippen molar-refractivity contribution in [3.8, 4) is 0 Å². The predicted octanol–water partition coefficient (Wildman–Crippen LogP) is 7.18. The van der Waals surface area contributed by atoms with Crippen molar-refractivity contribution in [2.45, 2.75) is 70.4 Å². The molecule has 4 heterocycles. The number of hydrazone groups is 1. The second-order valence-corrected chi connectivity index (χ2v) is 19.3. The van der Waals surface area contributed by atoms with Gasteiger partial charge >= 0.3 is 12.1 Å². The van der Waals surface area contributed by atoms with Crippen molar-refractivity contribution in [3.05, 3.63) is 140 Å². The highest BCUT2D eigenvalue weighted by Crippen LogP contribution is 2.32. The number of nitrogens with two attached hydrogens (primary N) is 1. The van der Waals surface area contributed by atoms with Crippen molar-refractivity contribution in [2.75, 3.05) is 30.5 Å². The molecule has 0 fully saturated rings. The van der Waals surface area contributed by atoms with Crippen molar-refractivity contribution < 1.29 is 62.3 Å². The molecule has 0 radical (unpaired) electrons. The Morgan fingerprint density at radius 2 is 1.21 bits per heavy atom. The predicted molar refractivity (Wildman–Crippen MR) is 269 cm³/mol. The molecule has 4 amide bonds.